The van der Waals surface area contributed by atoms with Crippen molar-refractivity contribution in [2.45, 2.75) is 19.9 Å². The zero-order chi connectivity index (χ0) is 15.6. The molecule has 21 heavy (non-hydrogen) atoms. The van der Waals surface area contributed by atoms with Gasteiger partial charge in [-0.2, -0.15) is 0 Å². The smallest absolute Gasteiger partial charge is 0.272 e. The summed E-state index contributed by atoms with van der Waals surface area (Å²) in [6, 6.07) is 10.7. The van der Waals surface area contributed by atoms with Crippen LogP contribution in [0, 0.1) is 17.0 Å². The molecule has 110 valence electrons. The Labute approximate surface area is 136 Å². The summed E-state index contributed by atoms with van der Waals surface area (Å²) in [6.07, 6.45) is 0. The maximum atomic E-state index is 11.0. The molecule has 0 aromatic heterocycles. The van der Waals surface area contributed by atoms with E-state index in [-0.39, 0.29) is 16.7 Å². The van der Waals surface area contributed by atoms with Crippen LogP contribution in [0.4, 0.5) is 11.4 Å². The molecular formula is C15H14BrClN2O2. The van der Waals surface area contributed by atoms with Crippen LogP contribution in [0.25, 0.3) is 0 Å². The van der Waals surface area contributed by atoms with Crippen LogP contribution >= 0.6 is 27.5 Å². The average Bonchev–Trinajstić information content (AvgIpc) is 2.43. The number of nitro benzene ring substituents is 1. The zero-order valence-corrected chi connectivity index (χ0v) is 13.9. The van der Waals surface area contributed by atoms with Gasteiger partial charge in [0.05, 0.1) is 15.6 Å². The molecule has 0 amide bonds. The molecule has 0 spiro atoms. The second-order valence-electron chi connectivity index (χ2n) is 4.79. The van der Waals surface area contributed by atoms with Crippen molar-refractivity contribution in [2.24, 2.45) is 0 Å². The van der Waals surface area contributed by atoms with Gasteiger partial charge in [-0.1, -0.05) is 39.7 Å². The van der Waals surface area contributed by atoms with Gasteiger partial charge in [0.15, 0.2) is 0 Å². The van der Waals surface area contributed by atoms with Crippen molar-refractivity contribution in [1.29, 1.82) is 0 Å². The van der Waals surface area contributed by atoms with Gasteiger partial charge in [0.1, 0.15) is 0 Å². The number of rotatable bonds is 4. The molecule has 2 aromatic rings. The first kappa shape index (κ1) is 15.8. The Morgan fingerprint density at radius 2 is 2.00 bits per heavy atom. The average molecular weight is 370 g/mol. The predicted molar refractivity (Wildman–Crippen MR) is 89.0 cm³/mol. The highest BCUT2D eigenvalue weighted by molar-refractivity contribution is 9.10. The summed E-state index contributed by atoms with van der Waals surface area (Å²) in [7, 11) is 0. The molecule has 1 atom stereocenters. The number of anilines is 1. The minimum absolute atomic E-state index is 0.101. The highest BCUT2D eigenvalue weighted by Crippen LogP contribution is 2.30. The fraction of sp³-hybridized carbons (Fsp3) is 0.200. The summed E-state index contributed by atoms with van der Waals surface area (Å²) in [5.74, 6) is 0. The highest BCUT2D eigenvalue weighted by Gasteiger charge is 2.15. The number of halogens is 2. The Morgan fingerprint density at radius 3 is 2.67 bits per heavy atom. The molecular weight excluding hydrogens is 356 g/mol. The van der Waals surface area contributed by atoms with Gasteiger partial charge in [-0.3, -0.25) is 10.1 Å². The zero-order valence-electron chi connectivity index (χ0n) is 11.6. The molecule has 0 radical (unpaired) electrons. The van der Waals surface area contributed by atoms with E-state index in [1.165, 1.54) is 0 Å². The van der Waals surface area contributed by atoms with Gasteiger partial charge in [0.25, 0.3) is 5.69 Å². The summed E-state index contributed by atoms with van der Waals surface area (Å²) in [5, 5.41) is 14.9. The summed E-state index contributed by atoms with van der Waals surface area (Å²) < 4.78 is 0.913. The van der Waals surface area contributed by atoms with Crippen LogP contribution in [0.2, 0.25) is 5.02 Å². The second-order valence-corrected chi connectivity index (χ2v) is 6.12. The van der Waals surface area contributed by atoms with Crippen LogP contribution in [0.1, 0.15) is 24.1 Å². The molecule has 0 aliphatic heterocycles. The first-order chi connectivity index (χ1) is 9.88. The van der Waals surface area contributed by atoms with Crippen molar-refractivity contribution in [2.75, 3.05) is 5.32 Å². The van der Waals surface area contributed by atoms with Gasteiger partial charge in [-0.25, -0.2) is 0 Å². The molecule has 1 N–H and O–H groups in total. The van der Waals surface area contributed by atoms with E-state index in [0.717, 1.165) is 15.7 Å². The quantitative estimate of drug-likeness (QED) is 0.572. The van der Waals surface area contributed by atoms with Crippen molar-refractivity contribution in [1.82, 2.24) is 0 Å². The Hall–Kier alpha value is -1.59. The Kier molecular flexibility index (Phi) is 4.85. The Bertz CT molecular complexity index is 691. The minimum atomic E-state index is -0.363. The van der Waals surface area contributed by atoms with E-state index >= 15 is 0 Å². The van der Waals surface area contributed by atoms with E-state index in [0.29, 0.717) is 10.6 Å². The summed E-state index contributed by atoms with van der Waals surface area (Å²) in [6.45, 7) is 3.66. The van der Waals surface area contributed by atoms with Gasteiger partial charge in [-0.05, 0) is 37.6 Å². The number of nitro groups is 1. The summed E-state index contributed by atoms with van der Waals surface area (Å²) in [4.78, 5) is 10.6. The second kappa shape index (κ2) is 6.45. The minimum Gasteiger partial charge on any atom is -0.377 e. The van der Waals surface area contributed by atoms with E-state index in [1.54, 1.807) is 25.1 Å². The van der Waals surface area contributed by atoms with Crippen LogP contribution in [-0.4, -0.2) is 4.92 Å². The van der Waals surface area contributed by atoms with E-state index in [9.17, 15) is 10.1 Å². The van der Waals surface area contributed by atoms with Gasteiger partial charge >= 0.3 is 0 Å². The number of hydrogen-bond acceptors (Lipinski definition) is 3. The molecule has 2 rings (SSSR count). The van der Waals surface area contributed by atoms with E-state index in [2.05, 4.69) is 21.2 Å². The van der Waals surface area contributed by atoms with Crippen LogP contribution in [0.3, 0.4) is 0 Å². The van der Waals surface area contributed by atoms with E-state index in [4.69, 9.17) is 11.6 Å². The standard InChI is InChI=1S/C15H14BrClN2O2/c1-9-3-4-11(7-15(9)19(20)21)10(2)18-14-8-12(16)5-6-13(14)17/h3-8,10,18H,1-2H3. The Balaban J connectivity index is 2.28. The predicted octanol–water partition coefficient (Wildman–Crippen LogP) is 5.49. The van der Waals surface area contributed by atoms with Crippen LogP contribution in [0.15, 0.2) is 40.9 Å². The van der Waals surface area contributed by atoms with Gasteiger partial charge in [0, 0.05) is 22.1 Å². The van der Waals surface area contributed by atoms with Crippen molar-refractivity contribution in [3.63, 3.8) is 0 Å². The molecule has 0 saturated heterocycles. The molecule has 0 fully saturated rings. The maximum Gasteiger partial charge on any atom is 0.272 e. The third-order valence-electron chi connectivity index (χ3n) is 3.23. The van der Waals surface area contributed by atoms with Crippen LogP contribution in [0.5, 0.6) is 0 Å². The number of nitrogens with zero attached hydrogens (tertiary/aromatic N) is 1. The molecule has 4 nitrogen and oxygen atoms in total. The molecule has 0 aliphatic rings. The van der Waals surface area contributed by atoms with Crippen molar-refractivity contribution in [3.05, 3.63) is 67.1 Å². The van der Waals surface area contributed by atoms with Crippen molar-refractivity contribution in [3.8, 4) is 0 Å². The molecule has 1 unspecified atom stereocenters. The molecule has 6 heteroatoms. The number of hydrogen-bond donors (Lipinski definition) is 1. The third-order valence-corrected chi connectivity index (χ3v) is 4.05. The Morgan fingerprint density at radius 1 is 1.29 bits per heavy atom. The monoisotopic (exact) mass is 368 g/mol. The first-order valence-corrected chi connectivity index (χ1v) is 7.52. The largest absolute Gasteiger partial charge is 0.377 e. The van der Waals surface area contributed by atoms with Gasteiger partial charge in [0.2, 0.25) is 0 Å². The van der Waals surface area contributed by atoms with E-state index in [1.807, 2.05) is 25.1 Å². The van der Waals surface area contributed by atoms with Crippen LogP contribution < -0.4 is 5.32 Å². The fourth-order valence-electron chi connectivity index (χ4n) is 2.02. The number of nitrogens with one attached hydrogen (secondary N) is 1. The lowest BCUT2D eigenvalue weighted by molar-refractivity contribution is -0.385. The van der Waals surface area contributed by atoms with E-state index < -0.39 is 0 Å². The highest BCUT2D eigenvalue weighted by atomic mass is 79.9. The molecule has 0 heterocycles. The fourth-order valence-corrected chi connectivity index (χ4v) is 2.55. The first-order valence-electron chi connectivity index (χ1n) is 6.35. The van der Waals surface area contributed by atoms with Crippen molar-refractivity contribution >= 4 is 38.9 Å². The molecule has 0 saturated carbocycles. The summed E-state index contributed by atoms with van der Waals surface area (Å²) in [5.41, 5.74) is 2.39. The third kappa shape index (κ3) is 3.74. The molecule has 0 bridgehead atoms. The lowest BCUT2D eigenvalue weighted by Gasteiger charge is -2.17. The van der Waals surface area contributed by atoms with Crippen molar-refractivity contribution < 1.29 is 4.92 Å². The van der Waals surface area contributed by atoms with Gasteiger partial charge in [-0.15, -0.1) is 0 Å². The molecule has 0 aliphatic carbocycles. The molecule has 2 aromatic carbocycles. The lowest BCUT2D eigenvalue weighted by Crippen LogP contribution is -2.08. The van der Waals surface area contributed by atoms with Crippen LogP contribution in [-0.2, 0) is 0 Å². The topological polar surface area (TPSA) is 55.2 Å². The normalized spacial score (nSPS) is 12.0. The summed E-state index contributed by atoms with van der Waals surface area (Å²) >= 11 is 9.54. The SMILES string of the molecule is Cc1ccc(C(C)Nc2cc(Br)ccc2Cl)cc1[N+](=O)[O-]. The maximum absolute atomic E-state index is 11.0. The number of benzene rings is 2. The van der Waals surface area contributed by atoms with Gasteiger partial charge < -0.3 is 5.32 Å². The number of aryl methyl sites for hydroxylation is 1. The lowest BCUT2D eigenvalue weighted by atomic mass is 10.0.